The monoisotopic (exact) mass is 216 g/mol. The van der Waals surface area contributed by atoms with Gasteiger partial charge in [-0.2, -0.15) is 0 Å². The van der Waals surface area contributed by atoms with Crippen LogP contribution in [0.2, 0.25) is 0 Å². The molecule has 0 aliphatic rings. The second-order valence-electron chi connectivity index (χ2n) is 3.29. The third kappa shape index (κ3) is 2.28. The second kappa shape index (κ2) is 4.61. The Morgan fingerprint density at radius 1 is 1.38 bits per heavy atom. The lowest BCUT2D eigenvalue weighted by molar-refractivity contribution is 0.0994. The number of aromatic nitrogens is 1. The fourth-order valence-corrected chi connectivity index (χ4v) is 1.30. The topological polar surface area (TPSA) is 55.1 Å². The summed E-state index contributed by atoms with van der Waals surface area (Å²) in [4.78, 5) is 15.7. The van der Waals surface area contributed by atoms with Crippen LogP contribution in [0.3, 0.4) is 0 Å². The van der Waals surface area contributed by atoms with Crippen molar-refractivity contribution >= 4 is 11.7 Å². The van der Waals surface area contributed by atoms with Crippen LogP contribution in [-0.2, 0) is 6.42 Å². The van der Waals surface area contributed by atoms with Crippen molar-refractivity contribution in [1.82, 2.24) is 4.98 Å². The number of hydrogen-bond acceptors (Lipinski definition) is 3. The van der Waals surface area contributed by atoms with Crippen LogP contribution in [-0.4, -0.2) is 10.9 Å². The van der Waals surface area contributed by atoms with E-state index < -0.39 is 0 Å². The van der Waals surface area contributed by atoms with E-state index in [2.05, 4.69) is 10.3 Å². The highest BCUT2D eigenvalue weighted by atomic mass is 16.3. The summed E-state index contributed by atoms with van der Waals surface area (Å²) in [6.45, 7) is 1.97. The highest BCUT2D eigenvalue weighted by Gasteiger charge is 2.10. The molecule has 0 aromatic carbocycles. The second-order valence-corrected chi connectivity index (χ2v) is 3.29. The van der Waals surface area contributed by atoms with Crippen LogP contribution in [0, 0.1) is 0 Å². The van der Waals surface area contributed by atoms with Gasteiger partial charge < -0.3 is 9.73 Å². The molecule has 0 fully saturated rings. The fraction of sp³-hybridized carbons (Fsp3) is 0.167. The average Bonchev–Trinajstić information content (AvgIpc) is 2.79. The van der Waals surface area contributed by atoms with E-state index in [9.17, 15) is 4.79 Å². The summed E-state index contributed by atoms with van der Waals surface area (Å²) in [5.74, 6) is 1.34. The number of aryl methyl sites for hydroxylation is 1. The van der Waals surface area contributed by atoms with E-state index in [0.717, 1.165) is 12.2 Å². The van der Waals surface area contributed by atoms with Gasteiger partial charge in [-0.3, -0.25) is 4.79 Å². The highest BCUT2D eigenvalue weighted by molar-refractivity contribution is 6.01. The van der Waals surface area contributed by atoms with Gasteiger partial charge in [-0.25, -0.2) is 4.98 Å². The average molecular weight is 216 g/mol. The van der Waals surface area contributed by atoms with Gasteiger partial charge in [0.1, 0.15) is 11.6 Å². The van der Waals surface area contributed by atoms with E-state index in [1.165, 1.54) is 0 Å². The van der Waals surface area contributed by atoms with Crippen molar-refractivity contribution in [2.75, 3.05) is 5.32 Å². The molecular weight excluding hydrogens is 204 g/mol. The maximum Gasteiger partial charge on any atom is 0.292 e. The van der Waals surface area contributed by atoms with Crippen molar-refractivity contribution in [3.05, 3.63) is 48.0 Å². The molecule has 82 valence electrons. The first-order chi connectivity index (χ1) is 7.79. The molecule has 0 atom stereocenters. The van der Waals surface area contributed by atoms with Gasteiger partial charge in [0.25, 0.3) is 5.91 Å². The third-order valence-electron chi connectivity index (χ3n) is 2.14. The lowest BCUT2D eigenvalue weighted by Gasteiger charge is -2.00. The van der Waals surface area contributed by atoms with E-state index in [1.807, 2.05) is 13.0 Å². The van der Waals surface area contributed by atoms with Crippen LogP contribution >= 0.6 is 0 Å². The molecule has 4 heteroatoms. The number of rotatable bonds is 3. The van der Waals surface area contributed by atoms with Gasteiger partial charge >= 0.3 is 0 Å². The quantitative estimate of drug-likeness (QED) is 0.857. The Morgan fingerprint density at radius 3 is 2.88 bits per heavy atom. The number of nitrogens with one attached hydrogen (secondary N) is 1. The Hall–Kier alpha value is -2.10. The third-order valence-corrected chi connectivity index (χ3v) is 2.14. The van der Waals surface area contributed by atoms with E-state index in [-0.39, 0.29) is 5.91 Å². The van der Waals surface area contributed by atoms with Gasteiger partial charge in [0.15, 0.2) is 5.76 Å². The fourth-order valence-electron chi connectivity index (χ4n) is 1.30. The molecule has 4 nitrogen and oxygen atoms in total. The predicted octanol–water partition coefficient (Wildman–Crippen LogP) is 2.49. The summed E-state index contributed by atoms with van der Waals surface area (Å²) in [6, 6.07) is 8.78. The number of nitrogens with zero attached hydrogens (tertiary/aromatic N) is 1. The molecule has 0 bridgehead atoms. The molecule has 2 heterocycles. The summed E-state index contributed by atoms with van der Waals surface area (Å²) < 4.78 is 5.33. The van der Waals surface area contributed by atoms with Crippen molar-refractivity contribution in [2.45, 2.75) is 13.3 Å². The number of amides is 1. The van der Waals surface area contributed by atoms with E-state index in [1.54, 1.807) is 30.5 Å². The normalized spacial score (nSPS) is 10.1. The van der Waals surface area contributed by atoms with Crippen LogP contribution in [0.15, 0.2) is 40.9 Å². The molecule has 2 aromatic rings. The Bertz CT molecular complexity index is 477. The molecule has 0 saturated carbocycles. The number of furan rings is 1. The largest absolute Gasteiger partial charge is 0.456 e. The minimum atomic E-state index is -0.279. The molecule has 16 heavy (non-hydrogen) atoms. The zero-order valence-electron chi connectivity index (χ0n) is 8.93. The predicted molar refractivity (Wildman–Crippen MR) is 60.3 cm³/mol. The molecule has 0 spiro atoms. The number of pyridine rings is 1. The minimum absolute atomic E-state index is 0.279. The van der Waals surface area contributed by atoms with Gasteiger partial charge in [0, 0.05) is 12.6 Å². The number of carbonyl (C=O) groups is 1. The summed E-state index contributed by atoms with van der Waals surface area (Å²) >= 11 is 0. The van der Waals surface area contributed by atoms with Gasteiger partial charge in [-0.05, 0) is 24.3 Å². The lowest BCUT2D eigenvalue weighted by atomic mass is 10.3. The van der Waals surface area contributed by atoms with Gasteiger partial charge in [-0.1, -0.05) is 13.0 Å². The Morgan fingerprint density at radius 2 is 2.25 bits per heavy atom. The van der Waals surface area contributed by atoms with E-state index in [4.69, 9.17) is 4.42 Å². The molecule has 1 N–H and O–H groups in total. The molecule has 0 aliphatic heterocycles. The molecule has 0 aliphatic carbocycles. The Kier molecular flexibility index (Phi) is 3.00. The summed E-state index contributed by atoms with van der Waals surface area (Å²) in [5, 5.41) is 2.65. The van der Waals surface area contributed by atoms with Crippen LogP contribution in [0.5, 0.6) is 0 Å². The highest BCUT2D eigenvalue weighted by Crippen LogP contribution is 2.10. The first-order valence-corrected chi connectivity index (χ1v) is 5.10. The molecule has 2 aromatic heterocycles. The van der Waals surface area contributed by atoms with Crippen LogP contribution in [0.1, 0.15) is 23.2 Å². The molecular formula is C12H12N2O2. The molecule has 0 radical (unpaired) electrons. The molecule has 0 unspecified atom stereocenters. The Balaban J connectivity index is 2.09. The van der Waals surface area contributed by atoms with Crippen LogP contribution in [0.4, 0.5) is 5.82 Å². The smallest absolute Gasteiger partial charge is 0.292 e. The van der Waals surface area contributed by atoms with Crippen LogP contribution in [0.25, 0.3) is 0 Å². The first kappa shape index (κ1) is 10.4. The maximum absolute atomic E-state index is 11.7. The minimum Gasteiger partial charge on any atom is -0.456 e. The zero-order chi connectivity index (χ0) is 11.4. The maximum atomic E-state index is 11.7. The standard InChI is InChI=1S/C12H12N2O2/c1-2-9-6-7-10(16-9)12(15)14-11-5-3-4-8-13-11/h3-8H,2H2,1H3,(H,13,14,15). The van der Waals surface area contributed by atoms with Crippen molar-refractivity contribution in [3.63, 3.8) is 0 Å². The number of hydrogen-bond donors (Lipinski definition) is 1. The van der Waals surface area contributed by atoms with Gasteiger partial charge in [0.05, 0.1) is 0 Å². The summed E-state index contributed by atoms with van der Waals surface area (Å²) in [7, 11) is 0. The molecule has 0 saturated heterocycles. The van der Waals surface area contributed by atoms with E-state index >= 15 is 0 Å². The van der Waals surface area contributed by atoms with E-state index in [0.29, 0.717) is 11.6 Å². The Labute approximate surface area is 93.3 Å². The molecule has 1 amide bonds. The first-order valence-electron chi connectivity index (χ1n) is 5.10. The van der Waals surface area contributed by atoms with Gasteiger partial charge in [-0.15, -0.1) is 0 Å². The van der Waals surface area contributed by atoms with Crippen molar-refractivity contribution < 1.29 is 9.21 Å². The van der Waals surface area contributed by atoms with Gasteiger partial charge in [0.2, 0.25) is 0 Å². The number of carbonyl (C=O) groups excluding carboxylic acids is 1. The van der Waals surface area contributed by atoms with Crippen molar-refractivity contribution in [3.8, 4) is 0 Å². The summed E-state index contributed by atoms with van der Waals surface area (Å²) in [6.07, 6.45) is 2.39. The lowest BCUT2D eigenvalue weighted by Crippen LogP contribution is -2.11. The zero-order valence-corrected chi connectivity index (χ0v) is 8.93. The summed E-state index contributed by atoms with van der Waals surface area (Å²) in [5.41, 5.74) is 0. The van der Waals surface area contributed by atoms with Crippen molar-refractivity contribution in [2.24, 2.45) is 0 Å². The molecule has 2 rings (SSSR count). The SMILES string of the molecule is CCc1ccc(C(=O)Nc2ccccn2)o1. The van der Waals surface area contributed by atoms with Crippen LogP contribution < -0.4 is 5.32 Å². The van der Waals surface area contributed by atoms with Crippen molar-refractivity contribution in [1.29, 1.82) is 0 Å². The number of anilines is 1.